The van der Waals surface area contributed by atoms with E-state index < -0.39 is 0 Å². The van der Waals surface area contributed by atoms with Gasteiger partial charge in [0.1, 0.15) is 4.88 Å². The number of nitrogens with one attached hydrogen (secondary N) is 3. The van der Waals surface area contributed by atoms with Crippen molar-refractivity contribution in [2.45, 2.75) is 6.92 Å². The molecule has 3 rings (SSSR count). The van der Waals surface area contributed by atoms with E-state index in [1.807, 2.05) is 43.3 Å². The summed E-state index contributed by atoms with van der Waals surface area (Å²) < 4.78 is 0.952. The van der Waals surface area contributed by atoms with Crippen LogP contribution < -0.4 is 16.2 Å². The number of carbonyl (C=O) groups excluding carboxylic acids is 1. The molecule has 0 aliphatic rings. The largest absolute Gasteiger partial charge is 0.331 e. The topological polar surface area (TPSA) is 53.2 Å². The molecule has 8 heteroatoms. The standard InChI is InChI=1S/C17H13Cl2N3OS2/c1-9-6-7-10(8-12(9)18)20-17(24)22-21-16(23)15-14(19)11-4-2-3-5-13(11)25-15/h2-8H,1H3,(H,21,23)(H2,20,22,24). The Morgan fingerprint density at radius 2 is 1.88 bits per heavy atom. The van der Waals surface area contributed by atoms with Gasteiger partial charge in [-0.25, -0.2) is 0 Å². The molecule has 0 fully saturated rings. The maximum absolute atomic E-state index is 12.3. The van der Waals surface area contributed by atoms with Crippen LogP contribution in [0.1, 0.15) is 15.2 Å². The lowest BCUT2D eigenvalue weighted by atomic mass is 10.2. The molecule has 25 heavy (non-hydrogen) atoms. The number of anilines is 1. The van der Waals surface area contributed by atoms with Crippen molar-refractivity contribution >= 4 is 73.5 Å². The first-order valence-electron chi connectivity index (χ1n) is 7.26. The molecule has 0 aliphatic heterocycles. The third kappa shape index (κ3) is 4.04. The summed E-state index contributed by atoms with van der Waals surface area (Å²) in [7, 11) is 0. The minimum atomic E-state index is -0.350. The van der Waals surface area contributed by atoms with E-state index in [0.717, 1.165) is 21.3 Å². The van der Waals surface area contributed by atoms with Gasteiger partial charge < -0.3 is 5.32 Å². The highest BCUT2D eigenvalue weighted by atomic mass is 35.5. The smallest absolute Gasteiger partial charge is 0.281 e. The molecule has 1 amide bonds. The van der Waals surface area contributed by atoms with Crippen molar-refractivity contribution in [1.82, 2.24) is 10.9 Å². The second kappa shape index (κ2) is 7.58. The van der Waals surface area contributed by atoms with Gasteiger partial charge in [0.15, 0.2) is 5.11 Å². The fourth-order valence-corrected chi connectivity index (χ4v) is 3.92. The Bertz CT molecular complexity index is 972. The molecular formula is C17H13Cl2N3OS2. The zero-order chi connectivity index (χ0) is 18.0. The van der Waals surface area contributed by atoms with Gasteiger partial charge >= 0.3 is 0 Å². The molecule has 0 saturated heterocycles. The molecule has 0 radical (unpaired) electrons. The van der Waals surface area contributed by atoms with Gasteiger partial charge in [-0.15, -0.1) is 11.3 Å². The van der Waals surface area contributed by atoms with Crippen molar-refractivity contribution in [3.8, 4) is 0 Å². The summed E-state index contributed by atoms with van der Waals surface area (Å²) in [6.07, 6.45) is 0. The maximum Gasteiger partial charge on any atom is 0.281 e. The van der Waals surface area contributed by atoms with Crippen LogP contribution in [0, 0.1) is 6.92 Å². The van der Waals surface area contributed by atoms with E-state index in [0.29, 0.717) is 14.9 Å². The van der Waals surface area contributed by atoms with Crippen LogP contribution in [0.4, 0.5) is 5.69 Å². The summed E-state index contributed by atoms with van der Waals surface area (Å²) in [6.45, 7) is 1.91. The number of rotatable bonds is 2. The van der Waals surface area contributed by atoms with Gasteiger partial charge in [0.05, 0.1) is 5.02 Å². The fourth-order valence-electron chi connectivity index (χ4n) is 2.16. The van der Waals surface area contributed by atoms with E-state index >= 15 is 0 Å². The van der Waals surface area contributed by atoms with Crippen molar-refractivity contribution in [3.05, 3.63) is 63.0 Å². The Morgan fingerprint density at radius 1 is 1.12 bits per heavy atom. The number of halogens is 2. The van der Waals surface area contributed by atoms with Gasteiger partial charge in [-0.3, -0.25) is 15.6 Å². The highest BCUT2D eigenvalue weighted by Crippen LogP contribution is 2.34. The molecule has 3 aromatic rings. The third-order valence-corrected chi connectivity index (χ3v) is 5.75. The van der Waals surface area contributed by atoms with Crippen molar-refractivity contribution in [1.29, 1.82) is 0 Å². The second-order valence-electron chi connectivity index (χ2n) is 5.24. The summed E-state index contributed by atoms with van der Waals surface area (Å²) in [5, 5.41) is 5.11. The van der Waals surface area contributed by atoms with Crippen LogP contribution in [-0.2, 0) is 0 Å². The molecule has 3 N–H and O–H groups in total. The third-order valence-electron chi connectivity index (χ3n) is 3.46. The zero-order valence-corrected chi connectivity index (χ0v) is 16.2. The fraction of sp³-hybridized carbons (Fsp3) is 0.0588. The molecule has 128 valence electrons. The Kier molecular flexibility index (Phi) is 5.44. The zero-order valence-electron chi connectivity index (χ0n) is 13.0. The molecule has 1 heterocycles. The SMILES string of the molecule is Cc1ccc(NC(=S)NNC(=O)c2sc3ccccc3c2Cl)cc1Cl. The lowest BCUT2D eigenvalue weighted by Crippen LogP contribution is -2.43. The van der Waals surface area contributed by atoms with Crippen LogP contribution in [0.3, 0.4) is 0 Å². The lowest BCUT2D eigenvalue weighted by Gasteiger charge is -2.12. The van der Waals surface area contributed by atoms with Gasteiger partial charge in [-0.05, 0) is 42.9 Å². The highest BCUT2D eigenvalue weighted by molar-refractivity contribution is 7.80. The van der Waals surface area contributed by atoms with Gasteiger partial charge in [0.25, 0.3) is 5.91 Å². The molecule has 0 saturated carbocycles. The first-order valence-corrected chi connectivity index (χ1v) is 9.24. The highest BCUT2D eigenvalue weighted by Gasteiger charge is 2.16. The number of thiophene rings is 1. The Hall–Kier alpha value is -1.86. The number of carbonyl (C=O) groups is 1. The van der Waals surface area contributed by atoms with E-state index in [9.17, 15) is 4.79 Å². The number of hydrogen-bond acceptors (Lipinski definition) is 3. The number of amides is 1. The van der Waals surface area contributed by atoms with Crippen LogP contribution in [0.15, 0.2) is 42.5 Å². The molecule has 0 unspecified atom stereocenters. The first-order chi connectivity index (χ1) is 12.0. The van der Waals surface area contributed by atoms with E-state index in [2.05, 4.69) is 16.2 Å². The number of benzene rings is 2. The summed E-state index contributed by atoms with van der Waals surface area (Å²) in [4.78, 5) is 12.8. The Morgan fingerprint density at radius 3 is 2.60 bits per heavy atom. The quantitative estimate of drug-likeness (QED) is 0.404. The van der Waals surface area contributed by atoms with Crippen LogP contribution in [-0.4, -0.2) is 11.0 Å². The monoisotopic (exact) mass is 409 g/mol. The van der Waals surface area contributed by atoms with Gasteiger partial charge in [-0.1, -0.05) is 47.5 Å². The van der Waals surface area contributed by atoms with Crippen molar-refractivity contribution in [3.63, 3.8) is 0 Å². The van der Waals surface area contributed by atoms with Crippen molar-refractivity contribution < 1.29 is 4.79 Å². The van der Waals surface area contributed by atoms with E-state index in [-0.39, 0.29) is 11.0 Å². The number of thiocarbonyl (C=S) groups is 1. The van der Waals surface area contributed by atoms with Gasteiger partial charge in [0, 0.05) is 20.8 Å². The summed E-state index contributed by atoms with van der Waals surface area (Å²) in [5.41, 5.74) is 6.90. The normalized spacial score (nSPS) is 10.5. The Labute approximate surface area is 164 Å². The van der Waals surface area contributed by atoms with Gasteiger partial charge in [0.2, 0.25) is 0 Å². The molecule has 4 nitrogen and oxygen atoms in total. The predicted octanol–water partition coefficient (Wildman–Crippen LogP) is 5.15. The number of aryl methyl sites for hydroxylation is 1. The van der Waals surface area contributed by atoms with Crippen LogP contribution in [0.2, 0.25) is 10.0 Å². The van der Waals surface area contributed by atoms with Crippen LogP contribution >= 0.6 is 46.8 Å². The second-order valence-corrected chi connectivity index (χ2v) is 7.48. The van der Waals surface area contributed by atoms with E-state index in [4.69, 9.17) is 35.4 Å². The molecule has 0 bridgehead atoms. The number of hydrazine groups is 1. The number of hydrogen-bond donors (Lipinski definition) is 3. The molecule has 0 aliphatic carbocycles. The van der Waals surface area contributed by atoms with Gasteiger partial charge in [-0.2, -0.15) is 0 Å². The summed E-state index contributed by atoms with van der Waals surface area (Å²) >= 11 is 18.9. The lowest BCUT2D eigenvalue weighted by molar-refractivity contribution is 0.0948. The summed E-state index contributed by atoms with van der Waals surface area (Å²) in [5.74, 6) is -0.350. The van der Waals surface area contributed by atoms with E-state index in [1.165, 1.54) is 11.3 Å². The molecule has 0 spiro atoms. The molecule has 1 aromatic heterocycles. The predicted molar refractivity (Wildman–Crippen MR) is 110 cm³/mol. The van der Waals surface area contributed by atoms with E-state index in [1.54, 1.807) is 6.07 Å². The summed E-state index contributed by atoms with van der Waals surface area (Å²) in [6, 6.07) is 13.1. The average Bonchev–Trinajstić information content (AvgIpc) is 2.93. The minimum Gasteiger partial charge on any atom is -0.331 e. The van der Waals surface area contributed by atoms with Crippen LogP contribution in [0.25, 0.3) is 10.1 Å². The molecular weight excluding hydrogens is 397 g/mol. The molecule has 2 aromatic carbocycles. The van der Waals surface area contributed by atoms with Crippen LogP contribution in [0.5, 0.6) is 0 Å². The van der Waals surface area contributed by atoms with Crippen molar-refractivity contribution in [2.24, 2.45) is 0 Å². The maximum atomic E-state index is 12.3. The first kappa shape index (κ1) is 17.9. The minimum absolute atomic E-state index is 0.241. The molecule has 0 atom stereocenters. The van der Waals surface area contributed by atoms with Crippen molar-refractivity contribution in [2.75, 3.05) is 5.32 Å². The number of fused-ring (bicyclic) bond motifs is 1. The average molecular weight is 410 g/mol. The Balaban J connectivity index is 1.64.